The van der Waals surface area contributed by atoms with Crippen LogP contribution < -0.4 is 4.74 Å². The molecule has 0 radical (unpaired) electrons. The van der Waals surface area contributed by atoms with Crippen LogP contribution in [0.1, 0.15) is 59.4 Å². The number of benzene rings is 3. The summed E-state index contributed by atoms with van der Waals surface area (Å²) in [7, 11) is 2.75. The van der Waals surface area contributed by atoms with E-state index in [0.717, 1.165) is 5.56 Å². The van der Waals surface area contributed by atoms with E-state index in [-0.39, 0.29) is 34.6 Å². The third-order valence-corrected chi connectivity index (χ3v) is 6.77. The number of carbonyl (C=O) groups excluding carboxylic acids is 3. The molecule has 2 N–H and O–H groups in total. The summed E-state index contributed by atoms with van der Waals surface area (Å²) in [6.07, 6.45) is 0. The normalized spacial score (nSPS) is 16.8. The predicted octanol–water partition coefficient (Wildman–Crippen LogP) is 5.11. The molecule has 8 heteroatoms. The van der Waals surface area contributed by atoms with Crippen LogP contribution in [0.15, 0.2) is 72.3 Å². The molecular formula is C31H31NO7. The maximum atomic E-state index is 13.5. The number of hydrogen-bond donors (Lipinski definition) is 2. The Morgan fingerprint density at radius 1 is 0.974 bits per heavy atom. The van der Waals surface area contributed by atoms with Gasteiger partial charge in [-0.25, -0.2) is 4.79 Å². The van der Waals surface area contributed by atoms with E-state index < -0.39 is 23.7 Å². The number of phenolic OH excluding ortho intramolecular Hbond substituents is 1. The van der Waals surface area contributed by atoms with Gasteiger partial charge < -0.3 is 24.6 Å². The van der Waals surface area contributed by atoms with Crippen molar-refractivity contribution >= 4 is 23.4 Å². The molecule has 1 aliphatic heterocycles. The molecule has 3 aromatic carbocycles. The number of likely N-dealkylation sites (tertiary alicyclic amines) is 1. The van der Waals surface area contributed by atoms with Crippen LogP contribution in [-0.2, 0) is 26.3 Å². The van der Waals surface area contributed by atoms with Gasteiger partial charge in [-0.3, -0.25) is 9.59 Å². The number of ether oxygens (including phenoxy) is 2. The quantitative estimate of drug-likeness (QED) is 0.198. The fourth-order valence-corrected chi connectivity index (χ4v) is 4.65. The molecule has 1 amide bonds. The number of rotatable bonds is 6. The molecule has 8 nitrogen and oxygen atoms in total. The van der Waals surface area contributed by atoms with E-state index >= 15 is 0 Å². The number of carbonyl (C=O) groups is 3. The molecule has 0 aromatic heterocycles. The molecule has 1 fully saturated rings. The Kier molecular flexibility index (Phi) is 7.49. The Balaban J connectivity index is 1.87. The second-order valence-electron chi connectivity index (χ2n) is 10.4. The van der Waals surface area contributed by atoms with Gasteiger partial charge in [0.1, 0.15) is 17.3 Å². The smallest absolute Gasteiger partial charge is 0.337 e. The minimum absolute atomic E-state index is 0.0162. The molecule has 4 rings (SSSR count). The average Bonchev–Trinajstić information content (AvgIpc) is 3.16. The topological polar surface area (TPSA) is 113 Å². The van der Waals surface area contributed by atoms with Gasteiger partial charge in [0.2, 0.25) is 0 Å². The van der Waals surface area contributed by atoms with Crippen molar-refractivity contribution in [2.45, 2.75) is 38.8 Å². The van der Waals surface area contributed by atoms with Crippen LogP contribution >= 0.6 is 0 Å². The summed E-state index contributed by atoms with van der Waals surface area (Å²) in [6, 6.07) is 17.1. The monoisotopic (exact) mass is 529 g/mol. The molecule has 1 aliphatic rings. The van der Waals surface area contributed by atoms with Gasteiger partial charge in [0.25, 0.3) is 11.7 Å². The van der Waals surface area contributed by atoms with Gasteiger partial charge >= 0.3 is 5.97 Å². The fourth-order valence-electron chi connectivity index (χ4n) is 4.65. The Labute approximate surface area is 227 Å². The Morgan fingerprint density at radius 2 is 1.67 bits per heavy atom. The van der Waals surface area contributed by atoms with Crippen LogP contribution in [0.2, 0.25) is 0 Å². The van der Waals surface area contributed by atoms with Crippen molar-refractivity contribution < 1.29 is 34.1 Å². The summed E-state index contributed by atoms with van der Waals surface area (Å²) in [5.41, 5.74) is 2.28. The predicted molar refractivity (Wildman–Crippen MR) is 145 cm³/mol. The zero-order chi connectivity index (χ0) is 28.5. The minimum Gasteiger partial charge on any atom is -0.508 e. The van der Waals surface area contributed by atoms with Crippen LogP contribution in [0.25, 0.3) is 5.76 Å². The summed E-state index contributed by atoms with van der Waals surface area (Å²) in [6.45, 7) is 6.09. The first-order valence-electron chi connectivity index (χ1n) is 12.4. The number of Topliss-reactive ketones (excluding diaryl/α,β-unsaturated/α-hetero) is 1. The van der Waals surface area contributed by atoms with Gasteiger partial charge in [-0.05, 0) is 58.5 Å². The van der Waals surface area contributed by atoms with Gasteiger partial charge in [-0.15, -0.1) is 0 Å². The number of aliphatic hydroxyl groups is 1. The van der Waals surface area contributed by atoms with Gasteiger partial charge in [-0.1, -0.05) is 51.1 Å². The van der Waals surface area contributed by atoms with Crippen molar-refractivity contribution in [2.24, 2.45) is 0 Å². The number of nitrogens with zero attached hydrogens (tertiary/aromatic N) is 1. The van der Waals surface area contributed by atoms with Crippen molar-refractivity contribution in [1.29, 1.82) is 0 Å². The number of methoxy groups -OCH3 is 2. The van der Waals surface area contributed by atoms with Gasteiger partial charge in [0, 0.05) is 6.54 Å². The highest BCUT2D eigenvalue weighted by atomic mass is 16.5. The highest BCUT2D eigenvalue weighted by Gasteiger charge is 2.46. The zero-order valence-corrected chi connectivity index (χ0v) is 22.5. The lowest BCUT2D eigenvalue weighted by Gasteiger charge is -2.26. The lowest BCUT2D eigenvalue weighted by atomic mass is 9.85. The van der Waals surface area contributed by atoms with E-state index in [4.69, 9.17) is 9.47 Å². The molecule has 1 heterocycles. The first-order chi connectivity index (χ1) is 18.5. The van der Waals surface area contributed by atoms with E-state index in [9.17, 15) is 24.6 Å². The summed E-state index contributed by atoms with van der Waals surface area (Å²) in [5.74, 6) is -2.21. The molecule has 0 saturated carbocycles. The van der Waals surface area contributed by atoms with Crippen LogP contribution in [0.3, 0.4) is 0 Å². The van der Waals surface area contributed by atoms with Crippen molar-refractivity contribution in [2.75, 3.05) is 14.2 Å². The zero-order valence-electron chi connectivity index (χ0n) is 22.5. The second kappa shape index (κ2) is 10.6. The van der Waals surface area contributed by atoms with E-state index in [1.54, 1.807) is 48.5 Å². The van der Waals surface area contributed by atoms with E-state index in [1.807, 2.05) is 26.8 Å². The van der Waals surface area contributed by atoms with Crippen molar-refractivity contribution in [3.63, 3.8) is 0 Å². The maximum Gasteiger partial charge on any atom is 0.337 e. The first kappa shape index (κ1) is 27.4. The fraction of sp³-hybridized carbons (Fsp3) is 0.258. The van der Waals surface area contributed by atoms with Crippen molar-refractivity contribution in [3.8, 4) is 11.5 Å². The molecule has 0 bridgehead atoms. The highest BCUT2D eigenvalue weighted by molar-refractivity contribution is 6.46. The minimum atomic E-state index is -0.986. The summed E-state index contributed by atoms with van der Waals surface area (Å²) >= 11 is 0. The van der Waals surface area contributed by atoms with E-state index in [0.29, 0.717) is 22.4 Å². The van der Waals surface area contributed by atoms with Crippen LogP contribution in [0.4, 0.5) is 0 Å². The number of amides is 1. The largest absolute Gasteiger partial charge is 0.508 e. The second-order valence-corrected chi connectivity index (χ2v) is 10.4. The Morgan fingerprint density at radius 3 is 2.26 bits per heavy atom. The molecule has 0 aliphatic carbocycles. The number of phenols is 1. The highest BCUT2D eigenvalue weighted by Crippen LogP contribution is 2.43. The maximum absolute atomic E-state index is 13.5. The molecule has 1 atom stereocenters. The number of aliphatic hydroxyl groups excluding tert-OH is 1. The standard InChI is InChI=1S/C31H31NO7/c1-31(2,3)21-13-14-24(38-4)23(16-21)27(34)25-26(20-7-6-8-22(33)15-20)32(29(36)28(25)35)17-18-9-11-19(12-10-18)30(37)39-5/h6-16,26,33-34H,17H2,1-5H3/b27-25+. The van der Waals surface area contributed by atoms with Gasteiger partial charge in [-0.2, -0.15) is 0 Å². The Hall–Kier alpha value is -4.59. The summed E-state index contributed by atoms with van der Waals surface area (Å²) in [5, 5.41) is 21.8. The average molecular weight is 530 g/mol. The van der Waals surface area contributed by atoms with Crippen LogP contribution in [-0.4, -0.2) is 47.0 Å². The lowest BCUT2D eigenvalue weighted by molar-refractivity contribution is -0.140. The number of esters is 1. The van der Waals surface area contributed by atoms with Gasteiger partial charge in [0.15, 0.2) is 0 Å². The van der Waals surface area contributed by atoms with Crippen LogP contribution in [0, 0.1) is 0 Å². The van der Waals surface area contributed by atoms with Gasteiger partial charge in [0.05, 0.1) is 37.0 Å². The lowest BCUT2D eigenvalue weighted by Crippen LogP contribution is -2.29. The van der Waals surface area contributed by atoms with Crippen molar-refractivity contribution in [1.82, 2.24) is 4.90 Å². The molecule has 1 saturated heterocycles. The third-order valence-electron chi connectivity index (χ3n) is 6.77. The van der Waals surface area contributed by atoms with Crippen LogP contribution in [0.5, 0.6) is 11.5 Å². The van der Waals surface area contributed by atoms with E-state index in [2.05, 4.69) is 0 Å². The molecule has 202 valence electrons. The first-order valence-corrected chi connectivity index (χ1v) is 12.4. The van der Waals surface area contributed by atoms with E-state index in [1.165, 1.54) is 31.3 Å². The number of aromatic hydroxyl groups is 1. The summed E-state index contributed by atoms with van der Waals surface area (Å²) < 4.78 is 10.2. The van der Waals surface area contributed by atoms with Crippen molar-refractivity contribution in [3.05, 3.63) is 100 Å². The number of hydrogen-bond acceptors (Lipinski definition) is 7. The molecule has 1 unspecified atom stereocenters. The molecular weight excluding hydrogens is 498 g/mol. The third kappa shape index (κ3) is 5.36. The summed E-state index contributed by atoms with van der Waals surface area (Å²) in [4.78, 5) is 40.0. The SMILES string of the molecule is COC(=O)c1ccc(CN2C(=O)C(=O)/C(=C(/O)c3cc(C(C)(C)C)ccc3OC)C2c2cccc(O)c2)cc1. The number of ketones is 1. The molecule has 3 aromatic rings. The Bertz CT molecular complexity index is 1460. The molecule has 0 spiro atoms. The molecule has 39 heavy (non-hydrogen) atoms.